The lowest BCUT2D eigenvalue weighted by Crippen LogP contribution is -2.21. The van der Waals surface area contributed by atoms with Gasteiger partial charge in [0.15, 0.2) is 9.84 Å². The van der Waals surface area contributed by atoms with Gasteiger partial charge in [-0.15, -0.1) is 0 Å². The van der Waals surface area contributed by atoms with E-state index < -0.39 is 38.6 Å². The number of halogens is 4. The summed E-state index contributed by atoms with van der Waals surface area (Å²) in [5.41, 5.74) is -0.265. The number of carbonyl (C=O) groups excluding carboxylic acids is 2. The van der Waals surface area contributed by atoms with Crippen LogP contribution in [0.2, 0.25) is 5.02 Å². The average molecular weight is 674 g/mol. The van der Waals surface area contributed by atoms with Gasteiger partial charge in [0.25, 0.3) is 11.8 Å². The number of hydrogen-bond acceptors (Lipinski definition) is 7. The molecular weight excluding hydrogens is 643 g/mol. The molecule has 0 atom stereocenters. The molecule has 3 aromatic carbocycles. The molecule has 0 bridgehead atoms. The van der Waals surface area contributed by atoms with Gasteiger partial charge in [0, 0.05) is 16.9 Å². The zero-order valence-corrected chi connectivity index (χ0v) is 26.4. The van der Waals surface area contributed by atoms with Crippen molar-refractivity contribution in [3.63, 3.8) is 0 Å². The van der Waals surface area contributed by atoms with Gasteiger partial charge in [-0.3, -0.25) is 9.59 Å². The Kier molecular flexibility index (Phi) is 11.0. The fraction of sp³-hybridized carbons (Fsp3) is 0.250. The van der Waals surface area contributed by atoms with Crippen molar-refractivity contribution < 1.29 is 31.2 Å². The van der Waals surface area contributed by atoms with Crippen molar-refractivity contribution in [1.82, 2.24) is 9.97 Å². The molecule has 0 radical (unpaired) electrons. The summed E-state index contributed by atoms with van der Waals surface area (Å²) in [7, 11) is -3.45. The van der Waals surface area contributed by atoms with E-state index in [1.807, 2.05) is 13.8 Å². The number of rotatable bonds is 12. The first-order valence-corrected chi connectivity index (χ1v) is 16.3. The molecule has 0 aliphatic rings. The molecule has 4 aromatic rings. The highest BCUT2D eigenvalue weighted by molar-refractivity contribution is 7.92. The third-order valence-electron chi connectivity index (χ3n) is 6.93. The van der Waals surface area contributed by atoms with Crippen LogP contribution in [0.25, 0.3) is 0 Å². The summed E-state index contributed by atoms with van der Waals surface area (Å²) in [5, 5.41) is 7.69. The third-order valence-corrected chi connectivity index (χ3v) is 9.54. The van der Waals surface area contributed by atoms with Gasteiger partial charge in [0.1, 0.15) is 0 Å². The first-order valence-electron chi connectivity index (χ1n) is 14.3. The number of nitrogens with zero attached hydrogens (tertiary/aromatic N) is 2. The maximum absolute atomic E-state index is 13.1. The molecule has 0 aliphatic carbocycles. The molecule has 0 saturated carbocycles. The molecule has 0 aliphatic heterocycles. The van der Waals surface area contributed by atoms with Gasteiger partial charge in [-0.25, -0.2) is 18.4 Å². The van der Waals surface area contributed by atoms with Crippen LogP contribution in [0.5, 0.6) is 0 Å². The Morgan fingerprint density at radius 2 is 1.43 bits per heavy atom. The highest BCUT2D eigenvalue weighted by Gasteiger charge is 2.31. The summed E-state index contributed by atoms with van der Waals surface area (Å²) < 4.78 is 65.2. The van der Waals surface area contributed by atoms with Crippen LogP contribution in [0, 0.1) is 0 Å². The standard InChI is InChI=1S/C32H31ClF3N5O4S/c1-3-6-25(7-4-2)46(44,45)26-13-10-22(11-14-26)41-31-37-18-24(19-38-31)40-30(43)27-17-23(12-15-28(27)33)39-29(42)20-8-5-9-21(16-20)32(34,35)36/h5,8-19,25H,3-4,6-7H2,1-2H3,(H,39,42)(H,40,43)(H,37,38,41). The van der Waals surface area contributed by atoms with Crippen molar-refractivity contribution in [2.24, 2.45) is 0 Å². The minimum atomic E-state index is -4.61. The zero-order valence-electron chi connectivity index (χ0n) is 24.9. The molecule has 14 heteroatoms. The second kappa shape index (κ2) is 14.7. The molecule has 0 spiro atoms. The average Bonchev–Trinajstić information content (AvgIpc) is 3.02. The number of alkyl halides is 3. The van der Waals surface area contributed by atoms with E-state index in [2.05, 4.69) is 25.9 Å². The smallest absolute Gasteiger partial charge is 0.324 e. The zero-order chi connectivity index (χ0) is 33.5. The number of aromatic nitrogens is 2. The molecule has 0 unspecified atom stereocenters. The van der Waals surface area contributed by atoms with Crippen LogP contribution in [0.15, 0.2) is 84.0 Å². The summed E-state index contributed by atoms with van der Waals surface area (Å²) in [6.45, 7) is 3.93. The molecule has 46 heavy (non-hydrogen) atoms. The summed E-state index contributed by atoms with van der Waals surface area (Å²) in [6.07, 6.45) is 0.846. The van der Waals surface area contributed by atoms with E-state index in [9.17, 15) is 31.2 Å². The van der Waals surface area contributed by atoms with Crippen LogP contribution in [0.1, 0.15) is 65.8 Å². The predicted molar refractivity (Wildman–Crippen MR) is 171 cm³/mol. The molecular formula is C32H31ClF3N5O4S. The molecule has 1 aromatic heterocycles. The molecule has 242 valence electrons. The second-order valence-corrected chi connectivity index (χ2v) is 13.0. The van der Waals surface area contributed by atoms with E-state index in [1.54, 1.807) is 24.3 Å². The number of anilines is 4. The highest BCUT2D eigenvalue weighted by atomic mass is 35.5. The van der Waals surface area contributed by atoms with Gasteiger partial charge >= 0.3 is 6.18 Å². The van der Waals surface area contributed by atoms with Crippen molar-refractivity contribution in [2.75, 3.05) is 16.0 Å². The Bertz CT molecular complexity index is 1800. The van der Waals surface area contributed by atoms with Crippen LogP contribution in [0.3, 0.4) is 0 Å². The quantitative estimate of drug-likeness (QED) is 0.138. The monoisotopic (exact) mass is 673 g/mol. The van der Waals surface area contributed by atoms with Crippen LogP contribution in [-0.2, 0) is 16.0 Å². The Morgan fingerprint density at radius 3 is 2.04 bits per heavy atom. The first-order chi connectivity index (χ1) is 21.8. The number of benzene rings is 3. The second-order valence-electron chi connectivity index (χ2n) is 10.4. The molecule has 2 amide bonds. The highest BCUT2D eigenvalue weighted by Crippen LogP contribution is 2.30. The lowest BCUT2D eigenvalue weighted by molar-refractivity contribution is -0.137. The van der Waals surface area contributed by atoms with Crippen molar-refractivity contribution in [2.45, 2.75) is 55.9 Å². The van der Waals surface area contributed by atoms with E-state index >= 15 is 0 Å². The molecule has 0 saturated heterocycles. The maximum Gasteiger partial charge on any atom is 0.416 e. The number of hydrogen-bond donors (Lipinski definition) is 3. The Labute approximate surface area is 269 Å². The lowest BCUT2D eigenvalue weighted by Gasteiger charge is -2.16. The SMILES string of the molecule is CCCC(CCC)S(=O)(=O)c1ccc(Nc2ncc(NC(=O)c3cc(NC(=O)c4cccc(C(F)(F)F)c4)ccc3Cl)cn2)cc1. The van der Waals surface area contributed by atoms with Crippen LogP contribution in [0.4, 0.5) is 36.2 Å². The predicted octanol–water partition coefficient (Wildman–Crippen LogP) is 8.14. The Balaban J connectivity index is 1.40. The summed E-state index contributed by atoms with van der Waals surface area (Å²) in [5.74, 6) is -1.25. The number of nitrogens with one attached hydrogen (secondary N) is 3. The fourth-order valence-corrected chi connectivity index (χ4v) is 6.82. The van der Waals surface area contributed by atoms with Crippen molar-refractivity contribution >= 4 is 56.3 Å². The van der Waals surface area contributed by atoms with Gasteiger partial charge in [0.2, 0.25) is 5.95 Å². The molecule has 3 N–H and O–H groups in total. The Morgan fingerprint density at radius 1 is 0.826 bits per heavy atom. The largest absolute Gasteiger partial charge is 0.416 e. The van der Waals surface area contributed by atoms with Crippen LogP contribution >= 0.6 is 11.6 Å². The normalized spacial score (nSPS) is 11.7. The van der Waals surface area contributed by atoms with Crippen molar-refractivity contribution in [3.8, 4) is 0 Å². The van der Waals surface area contributed by atoms with Gasteiger partial charge in [-0.1, -0.05) is 44.4 Å². The van der Waals surface area contributed by atoms with Crippen molar-refractivity contribution in [3.05, 3.63) is 101 Å². The lowest BCUT2D eigenvalue weighted by atomic mass is 10.1. The van der Waals surface area contributed by atoms with Gasteiger partial charge in [0.05, 0.1) is 44.4 Å². The van der Waals surface area contributed by atoms with Crippen LogP contribution in [-0.4, -0.2) is 35.5 Å². The fourth-order valence-electron chi connectivity index (χ4n) is 4.62. The summed E-state index contributed by atoms with van der Waals surface area (Å²) >= 11 is 6.21. The number of amides is 2. The Hall–Kier alpha value is -4.49. The summed E-state index contributed by atoms with van der Waals surface area (Å²) in [4.78, 5) is 34.2. The third kappa shape index (κ3) is 8.61. The molecule has 4 rings (SSSR count). The van der Waals surface area contributed by atoms with E-state index in [0.717, 1.165) is 31.0 Å². The number of carbonyl (C=O) groups is 2. The van der Waals surface area contributed by atoms with E-state index in [1.165, 1.54) is 36.7 Å². The molecule has 0 fully saturated rings. The van der Waals surface area contributed by atoms with Crippen LogP contribution < -0.4 is 16.0 Å². The van der Waals surface area contributed by atoms with E-state index in [0.29, 0.717) is 18.5 Å². The number of sulfone groups is 1. The minimum Gasteiger partial charge on any atom is -0.324 e. The maximum atomic E-state index is 13.1. The van der Waals surface area contributed by atoms with Crippen molar-refractivity contribution in [1.29, 1.82) is 0 Å². The molecule has 9 nitrogen and oxygen atoms in total. The summed E-state index contributed by atoms with van der Waals surface area (Å²) in [6, 6.07) is 14.4. The molecule has 1 heterocycles. The van der Waals surface area contributed by atoms with E-state index in [-0.39, 0.29) is 38.4 Å². The van der Waals surface area contributed by atoms with Gasteiger partial charge in [-0.2, -0.15) is 13.2 Å². The topological polar surface area (TPSA) is 130 Å². The van der Waals surface area contributed by atoms with Gasteiger partial charge < -0.3 is 16.0 Å². The van der Waals surface area contributed by atoms with E-state index in [4.69, 9.17) is 11.6 Å². The first kappa shape index (κ1) is 34.4. The minimum absolute atomic E-state index is 0.0131. The van der Waals surface area contributed by atoms with Gasteiger partial charge in [-0.05, 0) is 73.5 Å².